The largest absolute Gasteiger partial charge is 0.485 e. The molecule has 0 saturated heterocycles. The van der Waals surface area contributed by atoms with E-state index in [0.29, 0.717) is 0 Å². The summed E-state index contributed by atoms with van der Waals surface area (Å²) in [6.07, 6.45) is 0. The highest BCUT2D eigenvalue weighted by Gasteiger charge is 2.19. The van der Waals surface area contributed by atoms with Crippen LogP contribution in [0.5, 0.6) is 5.75 Å². The van der Waals surface area contributed by atoms with E-state index in [2.05, 4.69) is 15.9 Å². The van der Waals surface area contributed by atoms with Gasteiger partial charge in [-0.15, -0.1) is 0 Å². The third-order valence-corrected chi connectivity index (χ3v) is 3.43. The van der Waals surface area contributed by atoms with Crippen LogP contribution < -0.4 is 4.74 Å². The molecule has 0 fully saturated rings. The van der Waals surface area contributed by atoms with Crippen LogP contribution >= 0.6 is 27.5 Å². The fourth-order valence-corrected chi connectivity index (χ4v) is 2.28. The van der Waals surface area contributed by atoms with E-state index in [1.54, 1.807) is 0 Å². The molecule has 110 valence electrons. The molecule has 0 unspecified atom stereocenters. The minimum atomic E-state index is -1.17. The number of rotatable bonds is 4. The molecule has 0 aliphatic rings. The molecule has 21 heavy (non-hydrogen) atoms. The van der Waals surface area contributed by atoms with E-state index in [1.807, 2.05) is 0 Å². The fourth-order valence-electron chi connectivity index (χ4n) is 1.65. The average Bonchev–Trinajstić information content (AvgIpc) is 2.41. The number of hydrogen-bond acceptors (Lipinski definition) is 3. The van der Waals surface area contributed by atoms with Gasteiger partial charge in [0.15, 0.2) is 11.6 Å². The van der Waals surface area contributed by atoms with E-state index in [1.165, 1.54) is 24.3 Å². The molecule has 0 aromatic heterocycles. The van der Waals surface area contributed by atoms with Crippen LogP contribution in [-0.2, 0) is 6.61 Å². The minimum Gasteiger partial charge on any atom is -0.485 e. The summed E-state index contributed by atoms with van der Waals surface area (Å²) in [5, 5.41) is 11.0. The summed E-state index contributed by atoms with van der Waals surface area (Å²) in [6.45, 7) is -0.358. The topological polar surface area (TPSA) is 52.4 Å². The van der Waals surface area contributed by atoms with Crippen LogP contribution in [0.4, 0.5) is 14.5 Å². The van der Waals surface area contributed by atoms with Crippen molar-refractivity contribution in [2.75, 3.05) is 0 Å². The normalized spacial score (nSPS) is 10.5. The lowest BCUT2D eigenvalue weighted by Crippen LogP contribution is -2.03. The molecule has 0 aliphatic heterocycles. The Kier molecular flexibility index (Phi) is 4.74. The Labute approximate surface area is 131 Å². The second kappa shape index (κ2) is 6.36. The van der Waals surface area contributed by atoms with Gasteiger partial charge in [-0.05, 0) is 18.2 Å². The van der Waals surface area contributed by atoms with Crippen molar-refractivity contribution < 1.29 is 18.4 Å². The number of halogens is 4. The smallest absolute Gasteiger partial charge is 0.277 e. The molecule has 0 spiro atoms. The zero-order valence-electron chi connectivity index (χ0n) is 10.3. The summed E-state index contributed by atoms with van der Waals surface area (Å²) in [5.74, 6) is -2.63. The molecule has 0 aliphatic carbocycles. The van der Waals surface area contributed by atoms with Gasteiger partial charge in [-0.2, -0.15) is 4.39 Å². The van der Waals surface area contributed by atoms with E-state index < -0.39 is 16.6 Å². The zero-order valence-corrected chi connectivity index (χ0v) is 12.6. The predicted molar refractivity (Wildman–Crippen MR) is 76.5 cm³/mol. The minimum absolute atomic E-state index is 0.0870. The zero-order chi connectivity index (χ0) is 15.6. The van der Waals surface area contributed by atoms with Crippen molar-refractivity contribution in [3.63, 3.8) is 0 Å². The number of nitro benzene ring substituents is 1. The molecule has 2 rings (SSSR count). The van der Waals surface area contributed by atoms with Gasteiger partial charge < -0.3 is 4.74 Å². The highest BCUT2D eigenvalue weighted by Crippen LogP contribution is 2.30. The Balaban J connectivity index is 2.31. The van der Waals surface area contributed by atoms with E-state index in [4.69, 9.17) is 16.3 Å². The van der Waals surface area contributed by atoms with Crippen LogP contribution in [0.25, 0.3) is 0 Å². The molecule has 0 saturated carbocycles. The number of hydrogen-bond donors (Lipinski definition) is 0. The Hall–Kier alpha value is -1.73. The van der Waals surface area contributed by atoms with Crippen molar-refractivity contribution in [1.82, 2.24) is 0 Å². The van der Waals surface area contributed by atoms with Gasteiger partial charge in [0.2, 0.25) is 5.82 Å². The van der Waals surface area contributed by atoms with Crippen LogP contribution in [0.2, 0.25) is 5.02 Å². The third kappa shape index (κ3) is 3.48. The lowest BCUT2D eigenvalue weighted by Gasteiger charge is -2.10. The Morgan fingerprint density at radius 1 is 1.33 bits per heavy atom. The summed E-state index contributed by atoms with van der Waals surface area (Å²) < 4.78 is 32.2. The Morgan fingerprint density at radius 3 is 2.71 bits per heavy atom. The molecule has 0 radical (unpaired) electrons. The SMILES string of the molecule is O=[N+]([O-])c1cccc(Cl)c1COc1cc(Br)cc(F)c1F. The first-order valence-corrected chi connectivity index (χ1v) is 6.76. The number of ether oxygens (including phenoxy) is 1. The molecule has 0 bridgehead atoms. The van der Waals surface area contributed by atoms with Gasteiger partial charge in [0.05, 0.1) is 15.5 Å². The maximum absolute atomic E-state index is 13.6. The van der Waals surface area contributed by atoms with E-state index >= 15 is 0 Å². The van der Waals surface area contributed by atoms with Gasteiger partial charge in [0.25, 0.3) is 5.69 Å². The Morgan fingerprint density at radius 2 is 2.05 bits per heavy atom. The van der Waals surface area contributed by atoms with Gasteiger partial charge in [0.1, 0.15) is 6.61 Å². The predicted octanol–water partition coefficient (Wildman–Crippen LogP) is 4.87. The maximum atomic E-state index is 13.6. The fraction of sp³-hybridized carbons (Fsp3) is 0.0769. The van der Waals surface area contributed by atoms with E-state index in [-0.39, 0.29) is 33.1 Å². The highest BCUT2D eigenvalue weighted by molar-refractivity contribution is 9.10. The van der Waals surface area contributed by atoms with Crippen LogP contribution in [0.1, 0.15) is 5.56 Å². The second-order valence-corrected chi connectivity index (χ2v) is 5.31. The van der Waals surface area contributed by atoms with Gasteiger partial charge in [-0.25, -0.2) is 4.39 Å². The molecule has 0 heterocycles. The molecule has 0 atom stereocenters. The van der Waals surface area contributed by atoms with Crippen molar-refractivity contribution >= 4 is 33.2 Å². The molecule has 8 heteroatoms. The lowest BCUT2D eigenvalue weighted by atomic mass is 10.2. The van der Waals surface area contributed by atoms with Crippen molar-refractivity contribution in [3.8, 4) is 5.75 Å². The lowest BCUT2D eigenvalue weighted by molar-refractivity contribution is -0.385. The number of nitrogens with zero attached hydrogens (tertiary/aromatic N) is 1. The van der Waals surface area contributed by atoms with Crippen LogP contribution in [0, 0.1) is 21.7 Å². The van der Waals surface area contributed by atoms with E-state index in [0.717, 1.165) is 6.07 Å². The van der Waals surface area contributed by atoms with Crippen molar-refractivity contribution in [2.45, 2.75) is 6.61 Å². The van der Waals surface area contributed by atoms with Crippen LogP contribution in [0.3, 0.4) is 0 Å². The monoisotopic (exact) mass is 377 g/mol. The molecular weight excluding hydrogens is 372 g/mol. The third-order valence-electron chi connectivity index (χ3n) is 2.62. The van der Waals surface area contributed by atoms with Crippen molar-refractivity contribution in [2.24, 2.45) is 0 Å². The molecule has 2 aromatic carbocycles. The Bertz CT molecular complexity index is 712. The second-order valence-electron chi connectivity index (χ2n) is 3.98. The first-order valence-electron chi connectivity index (χ1n) is 5.59. The van der Waals surface area contributed by atoms with Gasteiger partial charge >= 0.3 is 0 Å². The number of nitro groups is 1. The molecule has 0 N–H and O–H groups in total. The molecule has 0 amide bonds. The summed E-state index contributed by atoms with van der Waals surface area (Å²) >= 11 is 8.89. The van der Waals surface area contributed by atoms with Crippen molar-refractivity contribution in [1.29, 1.82) is 0 Å². The average molecular weight is 379 g/mol. The summed E-state index contributed by atoms with van der Waals surface area (Å²) in [4.78, 5) is 10.3. The molecular formula is C13H7BrClF2NO3. The van der Waals surface area contributed by atoms with Gasteiger partial charge in [0, 0.05) is 10.5 Å². The first kappa shape index (κ1) is 15.7. The molecule has 2 aromatic rings. The van der Waals surface area contributed by atoms with Crippen molar-refractivity contribution in [3.05, 3.63) is 67.1 Å². The highest BCUT2D eigenvalue weighted by atomic mass is 79.9. The maximum Gasteiger partial charge on any atom is 0.277 e. The molecule has 4 nitrogen and oxygen atoms in total. The van der Waals surface area contributed by atoms with Crippen LogP contribution in [0.15, 0.2) is 34.8 Å². The standard InChI is InChI=1S/C13H7BrClF2NO3/c14-7-4-10(16)13(17)12(5-7)21-6-8-9(15)2-1-3-11(8)18(19)20/h1-5H,6H2. The van der Waals surface area contributed by atoms with Gasteiger partial charge in [-0.1, -0.05) is 33.6 Å². The first-order chi connectivity index (χ1) is 9.90. The quantitative estimate of drug-likeness (QED) is 0.433. The van der Waals surface area contributed by atoms with Crippen LogP contribution in [-0.4, -0.2) is 4.92 Å². The summed E-state index contributed by atoms with van der Waals surface area (Å²) in [6, 6.07) is 6.29. The summed E-state index contributed by atoms with van der Waals surface area (Å²) in [5.41, 5.74) is -0.165. The van der Waals surface area contributed by atoms with E-state index in [9.17, 15) is 18.9 Å². The summed E-state index contributed by atoms with van der Waals surface area (Å²) in [7, 11) is 0. The van der Waals surface area contributed by atoms with Gasteiger partial charge in [-0.3, -0.25) is 10.1 Å². The number of benzene rings is 2.